The molecule has 0 saturated carbocycles. The monoisotopic (exact) mass is 272 g/mol. The number of phenols is 2. The minimum Gasteiger partial charge on any atom is -0.508 e. The highest BCUT2D eigenvalue weighted by molar-refractivity contribution is 5.89. The van der Waals surface area contributed by atoms with Crippen LogP contribution in [0.5, 0.6) is 11.5 Å². The van der Waals surface area contributed by atoms with Crippen molar-refractivity contribution in [1.82, 2.24) is 0 Å². The van der Waals surface area contributed by atoms with Crippen molar-refractivity contribution in [3.05, 3.63) is 53.6 Å². The van der Waals surface area contributed by atoms with Crippen molar-refractivity contribution in [3.63, 3.8) is 0 Å². The minimum atomic E-state index is -1.02. The molecule has 4 N–H and O–H groups in total. The van der Waals surface area contributed by atoms with E-state index in [2.05, 4.69) is 10.5 Å². The van der Waals surface area contributed by atoms with E-state index in [-0.39, 0.29) is 17.1 Å². The van der Waals surface area contributed by atoms with Gasteiger partial charge >= 0.3 is 5.97 Å². The molecule has 0 amide bonds. The van der Waals surface area contributed by atoms with E-state index in [1.807, 2.05) is 0 Å². The van der Waals surface area contributed by atoms with E-state index in [9.17, 15) is 9.90 Å². The fourth-order valence-electron chi connectivity index (χ4n) is 1.54. The Hall–Kier alpha value is -3.02. The molecule has 0 saturated heterocycles. The first-order valence-corrected chi connectivity index (χ1v) is 5.70. The van der Waals surface area contributed by atoms with Crippen molar-refractivity contribution in [2.75, 3.05) is 5.43 Å². The number of nitrogens with one attached hydrogen (secondary N) is 1. The highest BCUT2D eigenvalue weighted by Gasteiger charge is 2.02. The molecule has 6 nitrogen and oxygen atoms in total. The number of aromatic hydroxyl groups is 2. The van der Waals surface area contributed by atoms with Gasteiger partial charge in [0.1, 0.15) is 11.5 Å². The zero-order chi connectivity index (χ0) is 14.5. The first-order chi connectivity index (χ1) is 9.56. The summed E-state index contributed by atoms with van der Waals surface area (Å²) in [6.07, 6.45) is 1.36. The molecule has 0 spiro atoms. The maximum Gasteiger partial charge on any atom is 0.335 e. The largest absolute Gasteiger partial charge is 0.508 e. The topological polar surface area (TPSA) is 102 Å². The quantitative estimate of drug-likeness (QED) is 0.505. The molecule has 102 valence electrons. The second kappa shape index (κ2) is 5.75. The standard InChI is InChI=1S/C14H12N2O4/c17-12-5-4-10(13(18)7-12)8-15-16-11-3-1-2-9(6-11)14(19)20/h1-8,16-18H,(H,19,20). The Morgan fingerprint density at radius 3 is 2.65 bits per heavy atom. The van der Waals surface area contributed by atoms with Gasteiger partial charge in [-0.15, -0.1) is 0 Å². The molecule has 6 heteroatoms. The summed E-state index contributed by atoms with van der Waals surface area (Å²) in [7, 11) is 0. The maximum absolute atomic E-state index is 10.8. The lowest BCUT2D eigenvalue weighted by Gasteiger charge is -2.02. The Labute approximate surface area is 114 Å². The third kappa shape index (κ3) is 3.26. The van der Waals surface area contributed by atoms with Crippen LogP contribution in [-0.2, 0) is 0 Å². The molecule has 0 radical (unpaired) electrons. The molecule has 0 heterocycles. The van der Waals surface area contributed by atoms with E-state index in [1.54, 1.807) is 12.1 Å². The van der Waals surface area contributed by atoms with Gasteiger partial charge in [0.15, 0.2) is 0 Å². The van der Waals surface area contributed by atoms with Crippen LogP contribution in [0.15, 0.2) is 47.6 Å². The Balaban J connectivity index is 2.10. The number of aromatic carboxylic acids is 1. The van der Waals surface area contributed by atoms with E-state index in [4.69, 9.17) is 10.2 Å². The van der Waals surface area contributed by atoms with E-state index in [1.165, 1.54) is 36.5 Å². The lowest BCUT2D eigenvalue weighted by molar-refractivity contribution is 0.0697. The molecular formula is C14H12N2O4. The number of hydrogen-bond acceptors (Lipinski definition) is 5. The number of hydrazone groups is 1. The number of anilines is 1. The molecule has 0 fully saturated rings. The van der Waals surface area contributed by atoms with Gasteiger partial charge in [-0.05, 0) is 30.3 Å². The minimum absolute atomic E-state index is 0.0400. The molecule has 0 aliphatic carbocycles. The molecular weight excluding hydrogens is 260 g/mol. The fourth-order valence-corrected chi connectivity index (χ4v) is 1.54. The van der Waals surface area contributed by atoms with Crippen LogP contribution in [0.1, 0.15) is 15.9 Å². The van der Waals surface area contributed by atoms with Crippen molar-refractivity contribution < 1.29 is 20.1 Å². The van der Waals surface area contributed by atoms with E-state index in [0.29, 0.717) is 11.3 Å². The normalized spacial score (nSPS) is 10.6. The number of carbonyl (C=O) groups is 1. The predicted octanol–water partition coefficient (Wildman–Crippen LogP) is 2.24. The summed E-state index contributed by atoms with van der Waals surface area (Å²) in [6.45, 7) is 0. The Bertz CT molecular complexity index is 668. The van der Waals surface area contributed by atoms with Gasteiger partial charge in [0.2, 0.25) is 0 Å². The van der Waals surface area contributed by atoms with Gasteiger partial charge in [-0.1, -0.05) is 6.07 Å². The van der Waals surface area contributed by atoms with Gasteiger partial charge in [0.25, 0.3) is 0 Å². The highest BCUT2D eigenvalue weighted by atomic mass is 16.4. The van der Waals surface area contributed by atoms with Crippen LogP contribution in [0, 0.1) is 0 Å². The van der Waals surface area contributed by atoms with Crippen LogP contribution in [0.4, 0.5) is 5.69 Å². The number of benzene rings is 2. The van der Waals surface area contributed by atoms with E-state index < -0.39 is 5.97 Å². The molecule has 0 aliphatic heterocycles. The summed E-state index contributed by atoms with van der Waals surface area (Å²) in [5.74, 6) is -1.16. The van der Waals surface area contributed by atoms with Crippen molar-refractivity contribution in [2.24, 2.45) is 5.10 Å². The van der Waals surface area contributed by atoms with Gasteiger partial charge in [-0.2, -0.15) is 5.10 Å². The number of carboxylic acids is 1. The summed E-state index contributed by atoms with van der Waals surface area (Å²) in [5.41, 5.74) is 3.75. The second-order valence-corrected chi connectivity index (χ2v) is 4.00. The van der Waals surface area contributed by atoms with Crippen molar-refractivity contribution >= 4 is 17.9 Å². The summed E-state index contributed by atoms with van der Waals surface area (Å²) >= 11 is 0. The molecule has 0 atom stereocenters. The Morgan fingerprint density at radius 2 is 1.95 bits per heavy atom. The van der Waals surface area contributed by atoms with E-state index in [0.717, 1.165) is 0 Å². The molecule has 0 aliphatic rings. The number of hydrogen-bond donors (Lipinski definition) is 4. The molecule has 0 aromatic heterocycles. The van der Waals surface area contributed by atoms with Gasteiger partial charge in [0, 0.05) is 11.6 Å². The summed E-state index contributed by atoms with van der Waals surface area (Å²) in [6, 6.07) is 10.3. The summed E-state index contributed by atoms with van der Waals surface area (Å²) < 4.78 is 0. The lowest BCUT2D eigenvalue weighted by atomic mass is 10.2. The SMILES string of the molecule is O=C(O)c1cccc(NN=Cc2ccc(O)cc2O)c1. The summed E-state index contributed by atoms with van der Waals surface area (Å²) in [4.78, 5) is 10.8. The molecule has 0 unspecified atom stereocenters. The van der Waals surface area contributed by atoms with Gasteiger partial charge < -0.3 is 15.3 Å². The predicted molar refractivity (Wildman–Crippen MR) is 74.4 cm³/mol. The second-order valence-electron chi connectivity index (χ2n) is 4.00. The molecule has 2 aromatic rings. The van der Waals surface area contributed by atoms with Crippen LogP contribution in [0.2, 0.25) is 0 Å². The average molecular weight is 272 g/mol. The highest BCUT2D eigenvalue weighted by Crippen LogP contribution is 2.20. The summed E-state index contributed by atoms with van der Waals surface area (Å²) in [5, 5.41) is 31.4. The number of rotatable bonds is 4. The smallest absolute Gasteiger partial charge is 0.335 e. The van der Waals surface area contributed by atoms with Crippen LogP contribution in [0.3, 0.4) is 0 Å². The number of nitrogens with zero attached hydrogens (tertiary/aromatic N) is 1. The molecule has 20 heavy (non-hydrogen) atoms. The Kier molecular flexibility index (Phi) is 3.85. The molecule has 0 bridgehead atoms. The number of carboxylic acid groups (broad SMARTS) is 1. The zero-order valence-corrected chi connectivity index (χ0v) is 10.3. The average Bonchev–Trinajstić information content (AvgIpc) is 2.41. The van der Waals surface area contributed by atoms with Crippen LogP contribution in [0.25, 0.3) is 0 Å². The van der Waals surface area contributed by atoms with Crippen molar-refractivity contribution in [2.45, 2.75) is 0 Å². The first-order valence-electron chi connectivity index (χ1n) is 5.70. The lowest BCUT2D eigenvalue weighted by Crippen LogP contribution is -1.97. The van der Waals surface area contributed by atoms with Crippen LogP contribution in [-0.4, -0.2) is 27.5 Å². The maximum atomic E-state index is 10.8. The first kappa shape index (κ1) is 13.4. The van der Waals surface area contributed by atoms with Crippen LogP contribution >= 0.6 is 0 Å². The number of phenolic OH excluding ortho intramolecular Hbond substituents is 2. The zero-order valence-electron chi connectivity index (χ0n) is 10.3. The fraction of sp³-hybridized carbons (Fsp3) is 0. The van der Waals surface area contributed by atoms with E-state index >= 15 is 0 Å². The van der Waals surface area contributed by atoms with Gasteiger partial charge in [0.05, 0.1) is 17.5 Å². The molecule has 2 aromatic carbocycles. The van der Waals surface area contributed by atoms with Gasteiger partial charge in [-0.25, -0.2) is 4.79 Å². The third-order valence-corrected chi connectivity index (χ3v) is 2.52. The molecule has 2 rings (SSSR count). The van der Waals surface area contributed by atoms with Gasteiger partial charge in [-0.3, -0.25) is 5.43 Å². The van der Waals surface area contributed by atoms with Crippen LogP contribution < -0.4 is 5.43 Å². The van der Waals surface area contributed by atoms with Crippen molar-refractivity contribution in [3.8, 4) is 11.5 Å². The van der Waals surface area contributed by atoms with Crippen molar-refractivity contribution in [1.29, 1.82) is 0 Å². The Morgan fingerprint density at radius 1 is 1.15 bits per heavy atom. The third-order valence-electron chi connectivity index (χ3n) is 2.52.